The van der Waals surface area contributed by atoms with Gasteiger partial charge in [-0.2, -0.15) is 0 Å². The van der Waals surface area contributed by atoms with Crippen molar-refractivity contribution >= 4 is 29.7 Å². The Bertz CT molecular complexity index is 1570. The number of epoxide rings is 2. The van der Waals surface area contributed by atoms with Crippen molar-refractivity contribution in [3.8, 4) is 0 Å². The van der Waals surface area contributed by atoms with Crippen LogP contribution in [0.2, 0.25) is 0 Å². The van der Waals surface area contributed by atoms with E-state index in [1.807, 2.05) is 34.6 Å². The third-order valence-electron chi connectivity index (χ3n) is 15.3. The van der Waals surface area contributed by atoms with Gasteiger partial charge in [0.25, 0.3) is 0 Å². The van der Waals surface area contributed by atoms with Gasteiger partial charge in [0.2, 0.25) is 5.79 Å². The summed E-state index contributed by atoms with van der Waals surface area (Å²) in [6, 6.07) is 0. The molecule has 8 aliphatic rings. The van der Waals surface area contributed by atoms with Crippen LogP contribution in [0.3, 0.4) is 0 Å². The quantitative estimate of drug-likeness (QED) is 0.241. The first-order valence-corrected chi connectivity index (χ1v) is 18.2. The van der Waals surface area contributed by atoms with Crippen LogP contribution in [0.1, 0.15) is 81.6 Å². The average molecular weight is 703 g/mol. The summed E-state index contributed by atoms with van der Waals surface area (Å²) in [6.07, 6.45) is -4.79. The molecule has 3 heterocycles. The highest BCUT2D eigenvalue weighted by Crippen LogP contribution is 2.80. The Morgan fingerprint density at radius 2 is 1.60 bits per heavy atom. The molecule has 50 heavy (non-hydrogen) atoms. The number of hydrogen-bond acceptors (Lipinski definition) is 13. The van der Waals surface area contributed by atoms with E-state index in [-0.39, 0.29) is 36.6 Å². The molecule has 0 aromatic rings. The number of ether oxygens (including phenoxy) is 6. The van der Waals surface area contributed by atoms with Gasteiger partial charge in [-0.3, -0.25) is 19.2 Å². The smallest absolute Gasteiger partial charge is 0.341 e. The normalized spacial score (nSPS) is 56.3. The molecule has 1 spiro atoms. The molecule has 5 aliphatic carbocycles. The Morgan fingerprint density at radius 1 is 0.940 bits per heavy atom. The van der Waals surface area contributed by atoms with Crippen LogP contribution in [0.25, 0.3) is 0 Å². The van der Waals surface area contributed by atoms with Gasteiger partial charge in [-0.05, 0) is 50.4 Å². The Labute approximate surface area is 291 Å². The minimum Gasteiger partial charge on any atom is -0.462 e. The summed E-state index contributed by atoms with van der Waals surface area (Å²) in [6.45, 7) is 15.4. The number of rotatable bonds is 5. The Morgan fingerprint density at radius 3 is 2.22 bits per heavy atom. The number of aliphatic hydroxyl groups is 2. The predicted molar refractivity (Wildman–Crippen MR) is 168 cm³/mol. The second-order valence-corrected chi connectivity index (χ2v) is 17.9. The lowest BCUT2D eigenvalue weighted by molar-refractivity contribution is -0.238. The Balaban J connectivity index is 1.33. The van der Waals surface area contributed by atoms with Crippen molar-refractivity contribution in [3.05, 3.63) is 0 Å². The lowest BCUT2D eigenvalue weighted by Crippen LogP contribution is -2.70. The molecule has 0 bridgehead atoms. The van der Waals surface area contributed by atoms with E-state index in [4.69, 9.17) is 28.4 Å². The van der Waals surface area contributed by atoms with E-state index in [1.165, 1.54) is 20.8 Å². The van der Waals surface area contributed by atoms with E-state index in [2.05, 4.69) is 0 Å². The van der Waals surface area contributed by atoms with Crippen molar-refractivity contribution in [3.63, 3.8) is 0 Å². The summed E-state index contributed by atoms with van der Waals surface area (Å²) < 4.78 is 36.6. The maximum absolute atomic E-state index is 15.0. The summed E-state index contributed by atoms with van der Waals surface area (Å²) in [5.41, 5.74) is -5.55. The van der Waals surface area contributed by atoms with Gasteiger partial charge in [0.1, 0.15) is 24.4 Å². The maximum atomic E-state index is 15.0. The first-order valence-electron chi connectivity index (χ1n) is 18.2. The summed E-state index contributed by atoms with van der Waals surface area (Å²) in [5.74, 6) is -8.73. The molecule has 0 aromatic carbocycles. The molecule has 8 rings (SSSR count). The molecule has 3 aliphatic heterocycles. The summed E-state index contributed by atoms with van der Waals surface area (Å²) in [4.78, 5) is 67.3. The topological polar surface area (TPSA) is 188 Å². The van der Waals surface area contributed by atoms with E-state index < -0.39 is 124 Å². The van der Waals surface area contributed by atoms with Gasteiger partial charge in [0.15, 0.2) is 17.5 Å². The maximum Gasteiger partial charge on any atom is 0.341 e. The molecule has 0 aromatic heterocycles. The molecular weight excluding hydrogens is 652 g/mol. The highest BCUT2D eigenvalue weighted by atomic mass is 16.8. The monoisotopic (exact) mass is 702 g/mol. The van der Waals surface area contributed by atoms with Crippen LogP contribution in [-0.4, -0.2) is 94.0 Å². The first kappa shape index (κ1) is 34.5. The zero-order valence-corrected chi connectivity index (χ0v) is 30.2. The molecule has 5 saturated carbocycles. The standard InChI is InChI=1S/C37H50O13/c1-13(2)10-21(40)48-29-22-17(33(6)18(26(29)41)11-19-28(47-19)31(33)46-16(5)39)12-20(45-15(4)38)34(7)23-14(3)30-37(49-30)35(8,25(23)27(42)24(22)34)36(9,44)32(43)50-37/h13-14,17-20,22-25,27-31,42,44H,10-12H2,1-9H3/t14?,17-,18+,19-,20-,22+,23-,24+,25-,27+,28-,29+,30+,31-,33+,34+,35-,36+,37-/m0/s1. The van der Waals surface area contributed by atoms with Crippen LogP contribution in [0.15, 0.2) is 0 Å². The number of fused-ring (bicyclic) bond motifs is 9. The molecule has 8 fully saturated rings. The molecule has 276 valence electrons. The second kappa shape index (κ2) is 10.3. The molecule has 0 amide bonds. The second-order valence-electron chi connectivity index (χ2n) is 17.9. The number of esters is 4. The number of ketones is 1. The number of hydrogen-bond donors (Lipinski definition) is 2. The van der Waals surface area contributed by atoms with E-state index in [9.17, 15) is 34.2 Å². The zero-order valence-electron chi connectivity index (χ0n) is 30.2. The highest BCUT2D eigenvalue weighted by molar-refractivity contribution is 5.90. The van der Waals surface area contributed by atoms with Crippen LogP contribution in [0.4, 0.5) is 0 Å². The minimum absolute atomic E-state index is 0.0401. The van der Waals surface area contributed by atoms with Crippen molar-refractivity contribution in [2.24, 2.45) is 63.6 Å². The summed E-state index contributed by atoms with van der Waals surface area (Å²) >= 11 is 0. The van der Waals surface area contributed by atoms with Crippen LogP contribution in [0, 0.1) is 63.6 Å². The lowest BCUT2D eigenvalue weighted by atomic mass is 9.41. The molecule has 19 atom stereocenters. The molecular formula is C37H50O13. The van der Waals surface area contributed by atoms with Gasteiger partial charge in [-0.1, -0.05) is 34.6 Å². The van der Waals surface area contributed by atoms with Gasteiger partial charge >= 0.3 is 23.9 Å². The van der Waals surface area contributed by atoms with Crippen molar-refractivity contribution in [2.45, 2.75) is 136 Å². The SMILES string of the molecule is CC(=O)O[C@H]1C[C@H]2[C@H]([C@@H]3[C@@H](O)[C@@H]4[C@H](C(C)[C@H]5O[C@]56OC(=O)[C@@](C)(O)[C@]46C)[C@]31C)[C@@H](OC(=O)CC(C)C)C(=O)[C@H]1C[C@@H]3O[C@@H]3[C@H](OC(C)=O)[C@@]12C. The van der Waals surface area contributed by atoms with Gasteiger partial charge in [-0.15, -0.1) is 0 Å². The van der Waals surface area contributed by atoms with Crippen LogP contribution >= 0.6 is 0 Å². The molecule has 1 unspecified atom stereocenters. The van der Waals surface area contributed by atoms with E-state index >= 15 is 0 Å². The van der Waals surface area contributed by atoms with Crippen LogP contribution in [0.5, 0.6) is 0 Å². The van der Waals surface area contributed by atoms with Crippen LogP contribution < -0.4 is 0 Å². The van der Waals surface area contributed by atoms with E-state index in [0.29, 0.717) is 6.42 Å². The molecule has 2 N–H and O–H groups in total. The Kier molecular flexibility index (Phi) is 7.09. The summed E-state index contributed by atoms with van der Waals surface area (Å²) in [7, 11) is 0. The van der Waals surface area contributed by atoms with Gasteiger partial charge in [-0.25, -0.2) is 4.79 Å². The highest BCUT2D eigenvalue weighted by Gasteiger charge is 2.92. The minimum atomic E-state index is -2.04. The van der Waals surface area contributed by atoms with Gasteiger partial charge < -0.3 is 38.6 Å². The van der Waals surface area contributed by atoms with Crippen molar-refractivity contribution in [1.82, 2.24) is 0 Å². The number of Topliss-reactive ketones (excluding diaryl/α,β-unsaturated/α-hetero) is 1. The average Bonchev–Trinajstić information content (AvgIpc) is 3.90. The fraction of sp³-hybridized carbons (Fsp3) is 0.865. The van der Waals surface area contributed by atoms with Gasteiger partial charge in [0, 0.05) is 54.8 Å². The van der Waals surface area contributed by atoms with Gasteiger partial charge in [0.05, 0.1) is 17.6 Å². The number of carbonyl (C=O) groups excluding carboxylic acids is 5. The van der Waals surface area contributed by atoms with E-state index in [1.54, 1.807) is 6.92 Å². The largest absolute Gasteiger partial charge is 0.462 e. The Hall–Kier alpha value is -2.61. The fourth-order valence-corrected chi connectivity index (χ4v) is 13.1. The first-order chi connectivity index (χ1) is 23.2. The number of aliphatic hydroxyl groups excluding tert-OH is 1. The third kappa shape index (κ3) is 3.90. The third-order valence-corrected chi connectivity index (χ3v) is 15.3. The molecule has 13 nitrogen and oxygen atoms in total. The zero-order chi connectivity index (χ0) is 36.4. The van der Waals surface area contributed by atoms with Crippen LogP contribution in [-0.2, 0) is 52.4 Å². The molecule has 0 radical (unpaired) electrons. The number of carbonyl (C=O) groups is 5. The lowest BCUT2D eigenvalue weighted by Gasteiger charge is -2.63. The van der Waals surface area contributed by atoms with E-state index in [0.717, 1.165) is 0 Å². The molecule has 13 heteroatoms. The fourth-order valence-electron chi connectivity index (χ4n) is 13.1. The van der Waals surface area contributed by atoms with Crippen molar-refractivity contribution < 1.29 is 62.6 Å². The predicted octanol–water partition coefficient (Wildman–Crippen LogP) is 2.11. The van der Waals surface area contributed by atoms with Crippen molar-refractivity contribution in [2.75, 3.05) is 0 Å². The molecule has 3 saturated heterocycles. The summed E-state index contributed by atoms with van der Waals surface area (Å²) in [5, 5.41) is 24.9. The van der Waals surface area contributed by atoms with Crippen molar-refractivity contribution in [1.29, 1.82) is 0 Å².